The summed E-state index contributed by atoms with van der Waals surface area (Å²) in [5.41, 5.74) is 12.6. The second-order valence-electron chi connectivity index (χ2n) is 22.7. The predicted octanol–water partition coefficient (Wildman–Crippen LogP) is 14.6. The molecule has 0 unspecified atom stereocenters. The van der Waals surface area contributed by atoms with Crippen molar-refractivity contribution in [2.75, 3.05) is 0 Å². The molecule has 7 aromatic rings. The van der Waals surface area contributed by atoms with Gasteiger partial charge in [-0.2, -0.15) is 0 Å². The smallest absolute Gasteiger partial charge is 0.186 e. The Morgan fingerprint density at radius 2 is 0.543 bits per heavy atom. The molecule has 0 spiro atoms. The van der Waals surface area contributed by atoms with E-state index in [1.54, 1.807) is 0 Å². The van der Waals surface area contributed by atoms with Crippen molar-refractivity contribution < 1.29 is 10.2 Å². The highest BCUT2D eigenvalue weighted by molar-refractivity contribution is 6.57. The van der Waals surface area contributed by atoms with E-state index in [9.17, 15) is 10.2 Å². The van der Waals surface area contributed by atoms with Crippen LogP contribution in [0.25, 0.3) is 33.9 Å². The first-order valence-corrected chi connectivity index (χ1v) is 24.3. The van der Waals surface area contributed by atoms with Gasteiger partial charge in [-0.05, 0) is 68.2 Å². The summed E-state index contributed by atoms with van der Waals surface area (Å²) >= 11 is 0. The molecule has 350 valence electrons. The molecular weight excluding hydrogens is 857 g/mol. The second-order valence-corrected chi connectivity index (χ2v) is 22.7. The maximum atomic E-state index is 14.0. The standard InChI is InChI=1S/C64H62N4O2/c1-61(2,3)49-35-43(36-50(57(49)69)62(4,5)6)45-27-19-21-29-47(45)55-53(39-23-15-13-16-24-39)65-59(67-55)41-31-33-42(34-32-41)60-66-54(40-25-17-14-18-26-40)56(68-60)48-30-22-20-28-46(48)44-37-51(63(7,8)9)58(70)52(38-44)64(10,11)12/h13-38H,1-12H3. The van der Waals surface area contributed by atoms with E-state index in [2.05, 4.69) is 156 Å². The lowest BCUT2D eigenvalue weighted by atomic mass is 9.77. The van der Waals surface area contributed by atoms with Crippen molar-refractivity contribution in [3.8, 4) is 33.8 Å². The quantitative estimate of drug-likeness (QED) is 0.159. The van der Waals surface area contributed by atoms with Crippen LogP contribution in [0.5, 0.6) is 11.5 Å². The highest BCUT2D eigenvalue weighted by Crippen LogP contribution is 2.45. The van der Waals surface area contributed by atoms with Crippen molar-refractivity contribution in [3.63, 3.8) is 0 Å². The van der Waals surface area contributed by atoms with Gasteiger partial charge in [0.25, 0.3) is 0 Å². The molecule has 0 amide bonds. The van der Waals surface area contributed by atoms with Crippen molar-refractivity contribution >= 4 is 34.5 Å². The molecule has 0 bridgehead atoms. The van der Waals surface area contributed by atoms with Crippen LogP contribution >= 0.6 is 0 Å². The molecule has 0 N–H and O–H groups in total. The van der Waals surface area contributed by atoms with Crippen molar-refractivity contribution in [2.45, 2.75) is 105 Å². The van der Waals surface area contributed by atoms with Crippen LogP contribution in [0.2, 0.25) is 0 Å². The van der Waals surface area contributed by atoms with Crippen LogP contribution in [0, 0.1) is 0 Å². The third-order valence-electron chi connectivity index (χ3n) is 13.2. The molecule has 2 heterocycles. The second kappa shape index (κ2) is 17.8. The molecule has 2 aliphatic rings. The van der Waals surface area contributed by atoms with Gasteiger partial charge in [0.1, 0.15) is 0 Å². The van der Waals surface area contributed by atoms with E-state index in [1.807, 2.05) is 84.9 Å². The van der Waals surface area contributed by atoms with Crippen LogP contribution in [-0.4, -0.2) is 22.8 Å². The fourth-order valence-corrected chi connectivity index (χ4v) is 9.36. The van der Waals surface area contributed by atoms with E-state index >= 15 is 0 Å². The zero-order valence-corrected chi connectivity index (χ0v) is 42.6. The number of hydrogen-bond acceptors (Lipinski definition) is 4. The molecule has 7 aromatic carbocycles. The summed E-state index contributed by atoms with van der Waals surface area (Å²) in [4.78, 5) is 21.2. The molecule has 0 fully saturated rings. The number of benzene rings is 7. The molecule has 9 rings (SSSR count). The lowest BCUT2D eigenvalue weighted by Crippen LogP contribution is -2.18. The minimum Gasteiger partial charge on any atom is -0.289 e. The fraction of sp³-hybridized carbons (Fsp3) is 0.250. The van der Waals surface area contributed by atoms with Crippen LogP contribution in [-0.2, 0) is 31.9 Å². The molecule has 6 nitrogen and oxygen atoms in total. The van der Waals surface area contributed by atoms with Gasteiger partial charge in [-0.1, -0.05) is 217 Å². The van der Waals surface area contributed by atoms with Gasteiger partial charge in [0.15, 0.2) is 23.1 Å². The predicted molar refractivity (Wildman–Crippen MR) is 290 cm³/mol. The van der Waals surface area contributed by atoms with E-state index in [0.29, 0.717) is 11.6 Å². The van der Waals surface area contributed by atoms with Crippen LogP contribution in [0.15, 0.2) is 178 Å². The largest absolute Gasteiger partial charge is 0.289 e. The summed E-state index contributed by atoms with van der Waals surface area (Å²) < 4.78 is 0. The van der Waals surface area contributed by atoms with E-state index < -0.39 is 0 Å². The lowest BCUT2D eigenvalue weighted by molar-refractivity contribution is 0.326. The highest BCUT2D eigenvalue weighted by atomic mass is 16.3. The third kappa shape index (κ3) is 9.23. The van der Waals surface area contributed by atoms with Crippen LogP contribution in [0.1, 0.15) is 128 Å². The number of hydrogen-bond donors (Lipinski definition) is 0. The van der Waals surface area contributed by atoms with Gasteiger partial charge >= 0.3 is 0 Å². The topological polar surface area (TPSA) is 89.2 Å². The lowest BCUT2D eigenvalue weighted by Gasteiger charge is -2.27. The van der Waals surface area contributed by atoms with Crippen molar-refractivity contribution in [1.29, 1.82) is 0 Å². The third-order valence-corrected chi connectivity index (χ3v) is 13.2. The summed E-state index contributed by atoms with van der Waals surface area (Å²) in [5, 5.41) is 29.7. The molecule has 2 aliphatic heterocycles. The summed E-state index contributed by atoms with van der Waals surface area (Å²) in [7, 11) is 0. The molecule has 2 radical (unpaired) electrons. The van der Waals surface area contributed by atoms with Gasteiger partial charge in [-0.25, -0.2) is 20.0 Å². The van der Waals surface area contributed by atoms with Crippen LogP contribution < -0.4 is 10.4 Å². The maximum absolute atomic E-state index is 14.0. The molecule has 0 aromatic heterocycles. The van der Waals surface area contributed by atoms with Crippen LogP contribution in [0.3, 0.4) is 0 Å². The average molecular weight is 919 g/mol. The Hall–Kier alpha value is -7.44. The molecule has 0 saturated carbocycles. The van der Waals surface area contributed by atoms with E-state index in [0.717, 1.165) is 100 Å². The van der Waals surface area contributed by atoms with Crippen LogP contribution in [0.4, 0.5) is 0 Å². The Morgan fingerprint density at radius 1 is 0.286 bits per heavy atom. The zero-order chi connectivity index (χ0) is 49.9. The molecule has 6 heteroatoms. The first-order chi connectivity index (χ1) is 33.1. The maximum Gasteiger partial charge on any atom is 0.186 e. The van der Waals surface area contributed by atoms with Gasteiger partial charge in [0.2, 0.25) is 0 Å². The molecule has 0 saturated heterocycles. The number of aliphatic imine (C=N–C) groups is 4. The van der Waals surface area contributed by atoms with Gasteiger partial charge in [0, 0.05) is 54.9 Å². The SMILES string of the molecule is CC(C)(C)c1cc(-c2ccccc2C2=NC(=c3ccc(=C4N=C(c5ccccc5)C(c5ccccc5-c5cc(C(C)(C)C)c([O])c(C(C)(C)C)c5)=N4)cc3)N=C2c2ccccc2)cc(C(C)(C)C)c1[O]. The normalized spacial score (nSPS) is 14.4. The van der Waals surface area contributed by atoms with Gasteiger partial charge in [-0.3, -0.25) is 10.2 Å². The van der Waals surface area contributed by atoms with Gasteiger partial charge in [0.05, 0.1) is 22.8 Å². The Bertz CT molecular complexity index is 3130. The monoisotopic (exact) mass is 918 g/mol. The van der Waals surface area contributed by atoms with E-state index in [-0.39, 0.29) is 33.2 Å². The van der Waals surface area contributed by atoms with Gasteiger partial charge in [-0.15, -0.1) is 0 Å². The Labute approximate surface area is 414 Å². The fourth-order valence-electron chi connectivity index (χ4n) is 9.36. The summed E-state index contributed by atoms with van der Waals surface area (Å²) in [6.45, 7) is 25.2. The molecule has 0 aliphatic carbocycles. The summed E-state index contributed by atoms with van der Waals surface area (Å²) in [6, 6.07) is 53.5. The summed E-state index contributed by atoms with van der Waals surface area (Å²) in [5.74, 6) is 1.41. The Balaban J connectivity index is 1.20. The highest BCUT2D eigenvalue weighted by Gasteiger charge is 2.32. The summed E-state index contributed by atoms with van der Waals surface area (Å²) in [6.07, 6.45) is 0. The molecular formula is C64H62N4O2. The van der Waals surface area contributed by atoms with Crippen molar-refractivity contribution in [3.05, 3.63) is 213 Å². The minimum atomic E-state index is -0.349. The Kier molecular flexibility index (Phi) is 12.1. The Morgan fingerprint density at radius 3 is 0.829 bits per heavy atom. The van der Waals surface area contributed by atoms with Crippen molar-refractivity contribution in [1.82, 2.24) is 0 Å². The van der Waals surface area contributed by atoms with Crippen molar-refractivity contribution in [2.24, 2.45) is 20.0 Å². The zero-order valence-electron chi connectivity index (χ0n) is 42.6. The average Bonchev–Trinajstić information content (AvgIpc) is 3.97. The minimum absolute atomic E-state index is 0.103. The first-order valence-electron chi connectivity index (χ1n) is 24.3. The van der Waals surface area contributed by atoms with Gasteiger partial charge < -0.3 is 0 Å². The van der Waals surface area contributed by atoms with E-state index in [4.69, 9.17) is 20.0 Å². The van der Waals surface area contributed by atoms with E-state index in [1.165, 1.54) is 0 Å². The number of nitrogens with zero attached hydrogens (tertiary/aromatic N) is 4. The first kappa shape index (κ1) is 47.6. The number of rotatable bonds is 6. The molecule has 0 atom stereocenters. The molecule has 70 heavy (non-hydrogen) atoms.